The zero-order chi connectivity index (χ0) is 14.5. The summed E-state index contributed by atoms with van der Waals surface area (Å²) in [6.45, 7) is 2.58. The number of likely N-dealkylation sites (N-methyl/N-ethyl adjacent to an activating group) is 1. The number of benzene rings is 1. The predicted molar refractivity (Wildman–Crippen MR) is 75.1 cm³/mol. The van der Waals surface area contributed by atoms with Gasteiger partial charge in [0.1, 0.15) is 17.5 Å². The molecule has 1 unspecified atom stereocenters. The predicted octanol–water partition coefficient (Wildman–Crippen LogP) is 2.84. The number of nitrogens with two attached hydrogens (primary N) is 1. The minimum Gasteiger partial charge on any atom is -0.384 e. The smallest absolute Gasteiger partial charge is 0.128 e. The van der Waals surface area contributed by atoms with Crippen molar-refractivity contribution in [3.8, 4) is 0 Å². The molecule has 3 N–H and O–H groups in total. The molecule has 0 fully saturated rings. The molecule has 3 nitrogen and oxygen atoms in total. The number of pyridine rings is 1. The number of halogens is 2. The summed E-state index contributed by atoms with van der Waals surface area (Å²) in [5.74, 6) is -0.449. The SMILES string of the molecule is CCNC(Cc1ccnc(N)c1)c1cc(F)ccc1F. The largest absolute Gasteiger partial charge is 0.384 e. The van der Waals surface area contributed by atoms with E-state index in [1.54, 1.807) is 12.3 Å². The molecule has 0 bridgehead atoms. The lowest BCUT2D eigenvalue weighted by Gasteiger charge is -2.19. The molecule has 20 heavy (non-hydrogen) atoms. The molecule has 1 heterocycles. The minimum absolute atomic E-state index is 0.308. The highest BCUT2D eigenvalue weighted by atomic mass is 19.1. The van der Waals surface area contributed by atoms with Crippen molar-refractivity contribution in [1.82, 2.24) is 10.3 Å². The van der Waals surface area contributed by atoms with E-state index in [-0.39, 0.29) is 6.04 Å². The summed E-state index contributed by atoms with van der Waals surface area (Å²) in [7, 11) is 0. The van der Waals surface area contributed by atoms with Gasteiger partial charge < -0.3 is 11.1 Å². The van der Waals surface area contributed by atoms with Crippen molar-refractivity contribution in [1.29, 1.82) is 0 Å². The van der Waals surface area contributed by atoms with Gasteiger partial charge in [0.2, 0.25) is 0 Å². The number of anilines is 1. The van der Waals surface area contributed by atoms with Crippen molar-refractivity contribution < 1.29 is 8.78 Å². The second-order valence-corrected chi connectivity index (χ2v) is 4.57. The third-order valence-electron chi connectivity index (χ3n) is 3.07. The number of hydrogen-bond acceptors (Lipinski definition) is 3. The standard InChI is InChI=1S/C15H17F2N3/c1-2-19-14(7-10-5-6-20-15(18)8-10)12-9-11(16)3-4-13(12)17/h3-6,8-9,14,19H,2,7H2,1H3,(H2,18,20). The molecule has 5 heteroatoms. The van der Waals surface area contributed by atoms with E-state index in [1.165, 1.54) is 6.07 Å². The summed E-state index contributed by atoms with van der Waals surface area (Å²) in [5.41, 5.74) is 6.88. The molecule has 0 amide bonds. The molecular formula is C15H17F2N3. The van der Waals surface area contributed by atoms with Crippen LogP contribution in [0.4, 0.5) is 14.6 Å². The van der Waals surface area contributed by atoms with Gasteiger partial charge in [-0.25, -0.2) is 13.8 Å². The Morgan fingerprint density at radius 1 is 1.25 bits per heavy atom. The number of aromatic nitrogens is 1. The van der Waals surface area contributed by atoms with E-state index >= 15 is 0 Å². The van der Waals surface area contributed by atoms with Crippen LogP contribution in [0, 0.1) is 11.6 Å². The molecule has 0 spiro atoms. The lowest BCUT2D eigenvalue weighted by molar-refractivity contribution is 0.502. The first-order valence-corrected chi connectivity index (χ1v) is 6.49. The fourth-order valence-corrected chi connectivity index (χ4v) is 2.18. The first-order valence-electron chi connectivity index (χ1n) is 6.49. The van der Waals surface area contributed by atoms with Crippen LogP contribution < -0.4 is 11.1 Å². The van der Waals surface area contributed by atoms with E-state index in [9.17, 15) is 8.78 Å². The lowest BCUT2D eigenvalue weighted by Crippen LogP contribution is -2.24. The molecule has 0 saturated heterocycles. The quantitative estimate of drug-likeness (QED) is 0.883. The van der Waals surface area contributed by atoms with E-state index in [4.69, 9.17) is 5.73 Å². The molecule has 0 aliphatic carbocycles. The van der Waals surface area contributed by atoms with Gasteiger partial charge in [-0.15, -0.1) is 0 Å². The Bertz CT molecular complexity index is 587. The zero-order valence-electron chi connectivity index (χ0n) is 11.2. The van der Waals surface area contributed by atoms with Crippen LogP contribution >= 0.6 is 0 Å². The third-order valence-corrected chi connectivity index (χ3v) is 3.07. The average Bonchev–Trinajstić information content (AvgIpc) is 2.41. The van der Waals surface area contributed by atoms with Gasteiger partial charge in [0.25, 0.3) is 0 Å². The summed E-state index contributed by atoms with van der Waals surface area (Å²) in [5, 5.41) is 3.17. The number of rotatable bonds is 5. The first kappa shape index (κ1) is 14.4. The van der Waals surface area contributed by atoms with E-state index in [0.29, 0.717) is 24.3 Å². The van der Waals surface area contributed by atoms with Crippen molar-refractivity contribution >= 4 is 5.82 Å². The van der Waals surface area contributed by atoms with Crippen molar-refractivity contribution in [2.75, 3.05) is 12.3 Å². The summed E-state index contributed by atoms with van der Waals surface area (Å²) in [6.07, 6.45) is 2.12. The molecule has 0 aliphatic heterocycles. The molecule has 2 rings (SSSR count). The van der Waals surface area contributed by atoms with Crippen LogP contribution in [0.25, 0.3) is 0 Å². The number of hydrogen-bond donors (Lipinski definition) is 2. The molecule has 1 aromatic heterocycles. The van der Waals surface area contributed by atoms with Gasteiger partial charge in [-0.05, 0) is 48.9 Å². The summed E-state index contributed by atoms with van der Waals surface area (Å²) in [4.78, 5) is 3.92. The maximum atomic E-state index is 13.9. The Morgan fingerprint density at radius 3 is 2.75 bits per heavy atom. The van der Waals surface area contributed by atoms with E-state index < -0.39 is 11.6 Å². The molecular weight excluding hydrogens is 260 g/mol. The fourth-order valence-electron chi connectivity index (χ4n) is 2.18. The van der Waals surface area contributed by atoms with Crippen LogP contribution in [0.15, 0.2) is 36.5 Å². The summed E-state index contributed by atoms with van der Waals surface area (Å²) >= 11 is 0. The normalized spacial score (nSPS) is 12.3. The number of nitrogen functional groups attached to an aromatic ring is 1. The highest BCUT2D eigenvalue weighted by molar-refractivity contribution is 5.33. The maximum Gasteiger partial charge on any atom is 0.128 e. The van der Waals surface area contributed by atoms with Crippen molar-refractivity contribution in [3.05, 3.63) is 59.3 Å². The van der Waals surface area contributed by atoms with Gasteiger partial charge in [0.05, 0.1) is 0 Å². The first-order chi connectivity index (χ1) is 9.60. The monoisotopic (exact) mass is 277 g/mol. The summed E-state index contributed by atoms with van der Waals surface area (Å²) < 4.78 is 27.2. The molecule has 2 aromatic rings. The van der Waals surface area contributed by atoms with E-state index in [1.807, 2.05) is 13.0 Å². The van der Waals surface area contributed by atoms with Crippen LogP contribution in [-0.2, 0) is 6.42 Å². The van der Waals surface area contributed by atoms with Crippen molar-refractivity contribution in [3.63, 3.8) is 0 Å². The minimum atomic E-state index is -0.446. The van der Waals surface area contributed by atoms with Gasteiger partial charge in [0.15, 0.2) is 0 Å². The van der Waals surface area contributed by atoms with Gasteiger partial charge in [0, 0.05) is 17.8 Å². The highest BCUT2D eigenvalue weighted by Crippen LogP contribution is 2.22. The van der Waals surface area contributed by atoms with Gasteiger partial charge >= 0.3 is 0 Å². The van der Waals surface area contributed by atoms with Crippen LogP contribution in [0.5, 0.6) is 0 Å². The number of nitrogens with one attached hydrogen (secondary N) is 1. The molecule has 106 valence electrons. The van der Waals surface area contributed by atoms with Crippen LogP contribution in [0.1, 0.15) is 24.1 Å². The molecule has 1 atom stereocenters. The zero-order valence-corrected chi connectivity index (χ0v) is 11.2. The van der Waals surface area contributed by atoms with Crippen LogP contribution in [0.2, 0.25) is 0 Å². The van der Waals surface area contributed by atoms with Crippen LogP contribution in [0.3, 0.4) is 0 Å². The maximum absolute atomic E-state index is 13.9. The molecule has 1 aromatic carbocycles. The second kappa shape index (κ2) is 6.43. The van der Waals surface area contributed by atoms with Crippen molar-refractivity contribution in [2.45, 2.75) is 19.4 Å². The van der Waals surface area contributed by atoms with Gasteiger partial charge in [-0.3, -0.25) is 0 Å². The van der Waals surface area contributed by atoms with Gasteiger partial charge in [-0.1, -0.05) is 6.92 Å². The molecule has 0 radical (unpaired) electrons. The Balaban J connectivity index is 2.29. The Labute approximate surface area is 116 Å². The molecule has 0 aliphatic rings. The Hall–Kier alpha value is -2.01. The number of nitrogens with zero attached hydrogens (tertiary/aromatic N) is 1. The summed E-state index contributed by atoms with van der Waals surface area (Å²) in [6, 6.07) is 6.74. The van der Waals surface area contributed by atoms with Gasteiger partial charge in [-0.2, -0.15) is 0 Å². The Morgan fingerprint density at radius 2 is 2.05 bits per heavy atom. The third kappa shape index (κ3) is 3.51. The van der Waals surface area contributed by atoms with Crippen molar-refractivity contribution in [2.24, 2.45) is 0 Å². The average molecular weight is 277 g/mol. The fraction of sp³-hybridized carbons (Fsp3) is 0.267. The van der Waals surface area contributed by atoms with E-state index in [2.05, 4.69) is 10.3 Å². The topological polar surface area (TPSA) is 50.9 Å². The second-order valence-electron chi connectivity index (χ2n) is 4.57. The molecule has 0 saturated carbocycles. The Kier molecular flexibility index (Phi) is 4.63. The lowest BCUT2D eigenvalue weighted by atomic mass is 9.98. The van der Waals surface area contributed by atoms with Crippen LogP contribution in [-0.4, -0.2) is 11.5 Å². The van der Waals surface area contributed by atoms with E-state index in [0.717, 1.165) is 17.7 Å². The highest BCUT2D eigenvalue weighted by Gasteiger charge is 2.16.